The molecule has 140 valence electrons. The zero-order valence-electron chi connectivity index (χ0n) is 15.2. The highest BCUT2D eigenvalue weighted by Crippen LogP contribution is 2.29. The van der Waals surface area contributed by atoms with Gasteiger partial charge >= 0.3 is 0 Å². The molecule has 8 heteroatoms. The highest BCUT2D eigenvalue weighted by molar-refractivity contribution is 5.84. The van der Waals surface area contributed by atoms with Gasteiger partial charge in [0.1, 0.15) is 0 Å². The summed E-state index contributed by atoms with van der Waals surface area (Å²) in [5, 5.41) is 5.79. The van der Waals surface area contributed by atoms with Crippen LogP contribution in [0.1, 0.15) is 25.7 Å². The summed E-state index contributed by atoms with van der Waals surface area (Å²) in [4.78, 5) is 13.2. The van der Waals surface area contributed by atoms with E-state index in [9.17, 15) is 0 Å². The van der Waals surface area contributed by atoms with E-state index in [0.717, 1.165) is 29.4 Å². The summed E-state index contributed by atoms with van der Waals surface area (Å²) < 4.78 is 5.17. The number of aromatic nitrogens is 3. The molecule has 0 aliphatic heterocycles. The summed E-state index contributed by atoms with van der Waals surface area (Å²) in [5.74, 6) is 7.92. The van der Waals surface area contributed by atoms with Crippen LogP contribution in [0.3, 0.4) is 0 Å². The highest BCUT2D eigenvalue weighted by Gasteiger charge is 2.18. The first-order chi connectivity index (χ1) is 13.1. The maximum absolute atomic E-state index is 6.33. The molecular formula is C19H23N7O. The number of nitrogens with zero attached hydrogens (tertiary/aromatic N) is 4. The molecule has 0 bridgehead atoms. The lowest BCUT2D eigenvalue weighted by Gasteiger charge is -2.21. The largest absolute Gasteiger partial charge is 0.481 e. The van der Waals surface area contributed by atoms with Gasteiger partial charge in [0, 0.05) is 17.5 Å². The maximum atomic E-state index is 6.33. The molecule has 0 amide bonds. The third-order valence-electron chi connectivity index (χ3n) is 4.85. The van der Waals surface area contributed by atoms with Crippen LogP contribution in [0, 0.1) is 0 Å². The Morgan fingerprint density at radius 2 is 1.96 bits per heavy atom. The van der Waals surface area contributed by atoms with Crippen LogP contribution in [0.4, 0.5) is 23.1 Å². The molecule has 2 aromatic heterocycles. The lowest BCUT2D eigenvalue weighted by atomic mass is 10.2. The van der Waals surface area contributed by atoms with Crippen LogP contribution in [0.15, 0.2) is 36.5 Å². The second kappa shape index (κ2) is 7.24. The standard InChI is InChI=1S/C19H23N7O/c1-27-17-9-6-12-10-14(7-8-16(12)24-17)26(21)18-15(20)11-22-19(25-18)23-13-4-2-3-5-13/h6-11,13H,2-5,20-21H2,1H3,(H,22,23,25). The maximum Gasteiger partial charge on any atom is 0.225 e. The van der Waals surface area contributed by atoms with E-state index in [0.29, 0.717) is 29.4 Å². The third kappa shape index (κ3) is 3.56. The second-order valence-electron chi connectivity index (χ2n) is 6.70. The van der Waals surface area contributed by atoms with Gasteiger partial charge in [-0.2, -0.15) is 4.98 Å². The summed E-state index contributed by atoms with van der Waals surface area (Å²) in [6.07, 6.45) is 6.33. The average molecular weight is 365 g/mol. The molecule has 5 N–H and O–H groups in total. The number of pyridine rings is 1. The minimum absolute atomic E-state index is 0.412. The number of nitrogens with one attached hydrogen (secondary N) is 1. The van der Waals surface area contributed by atoms with E-state index in [2.05, 4.69) is 20.3 Å². The van der Waals surface area contributed by atoms with Gasteiger partial charge in [-0.05, 0) is 37.1 Å². The normalized spacial score (nSPS) is 14.4. The lowest BCUT2D eigenvalue weighted by molar-refractivity contribution is 0.399. The van der Waals surface area contributed by atoms with Crippen LogP contribution < -0.4 is 26.6 Å². The van der Waals surface area contributed by atoms with Gasteiger partial charge in [-0.3, -0.25) is 5.01 Å². The number of fused-ring (bicyclic) bond motifs is 1. The first-order valence-electron chi connectivity index (χ1n) is 9.03. The number of hydrazine groups is 1. The van der Waals surface area contributed by atoms with Crippen LogP contribution in [-0.4, -0.2) is 28.1 Å². The topological polar surface area (TPSA) is 115 Å². The van der Waals surface area contributed by atoms with Gasteiger partial charge in [0.25, 0.3) is 0 Å². The molecule has 0 saturated heterocycles. The molecule has 0 unspecified atom stereocenters. The highest BCUT2D eigenvalue weighted by atomic mass is 16.5. The van der Waals surface area contributed by atoms with Crippen molar-refractivity contribution in [3.05, 3.63) is 36.5 Å². The molecule has 1 fully saturated rings. The number of nitrogens with two attached hydrogens (primary N) is 2. The van der Waals surface area contributed by atoms with E-state index < -0.39 is 0 Å². The van der Waals surface area contributed by atoms with Crippen LogP contribution in [0.2, 0.25) is 0 Å². The van der Waals surface area contributed by atoms with Gasteiger partial charge in [-0.1, -0.05) is 12.8 Å². The zero-order chi connectivity index (χ0) is 18.8. The molecule has 1 aliphatic rings. The van der Waals surface area contributed by atoms with Crippen molar-refractivity contribution in [1.82, 2.24) is 15.0 Å². The van der Waals surface area contributed by atoms with E-state index in [1.54, 1.807) is 13.3 Å². The Kier molecular flexibility index (Phi) is 4.64. The van der Waals surface area contributed by atoms with Crippen molar-refractivity contribution in [2.24, 2.45) is 5.84 Å². The average Bonchev–Trinajstić information content (AvgIpc) is 3.21. The smallest absolute Gasteiger partial charge is 0.225 e. The van der Waals surface area contributed by atoms with Crippen LogP contribution in [0.25, 0.3) is 10.9 Å². The number of benzene rings is 1. The molecule has 1 saturated carbocycles. The Hall–Kier alpha value is -3.13. The lowest BCUT2D eigenvalue weighted by Crippen LogP contribution is -2.28. The van der Waals surface area contributed by atoms with Gasteiger partial charge in [-0.15, -0.1) is 0 Å². The Balaban J connectivity index is 1.63. The van der Waals surface area contributed by atoms with Crippen molar-refractivity contribution >= 4 is 34.0 Å². The van der Waals surface area contributed by atoms with E-state index in [-0.39, 0.29) is 0 Å². The first kappa shape index (κ1) is 17.3. The number of anilines is 4. The molecule has 0 radical (unpaired) electrons. The van der Waals surface area contributed by atoms with Crippen molar-refractivity contribution in [2.75, 3.05) is 23.2 Å². The van der Waals surface area contributed by atoms with Gasteiger partial charge in [0.15, 0.2) is 5.82 Å². The molecule has 0 atom stereocenters. The fourth-order valence-electron chi connectivity index (χ4n) is 3.38. The Morgan fingerprint density at radius 1 is 1.15 bits per heavy atom. The fourth-order valence-corrected chi connectivity index (χ4v) is 3.38. The zero-order valence-corrected chi connectivity index (χ0v) is 15.2. The van der Waals surface area contributed by atoms with Crippen molar-refractivity contribution in [1.29, 1.82) is 0 Å². The summed E-state index contributed by atoms with van der Waals surface area (Å²) in [6, 6.07) is 9.87. The van der Waals surface area contributed by atoms with Crippen LogP contribution in [0.5, 0.6) is 5.88 Å². The number of nitrogen functional groups attached to an aromatic ring is 1. The number of methoxy groups -OCH3 is 1. The second-order valence-corrected chi connectivity index (χ2v) is 6.70. The number of ether oxygens (including phenoxy) is 1. The molecule has 2 heterocycles. The van der Waals surface area contributed by atoms with Crippen molar-refractivity contribution in [2.45, 2.75) is 31.7 Å². The minimum atomic E-state index is 0.412. The van der Waals surface area contributed by atoms with Crippen molar-refractivity contribution < 1.29 is 4.74 Å². The minimum Gasteiger partial charge on any atom is -0.481 e. The van der Waals surface area contributed by atoms with Gasteiger partial charge in [-0.25, -0.2) is 15.8 Å². The Bertz CT molecular complexity index is 956. The quantitative estimate of drug-likeness (QED) is 0.467. The van der Waals surface area contributed by atoms with E-state index in [1.165, 1.54) is 17.9 Å². The summed E-state index contributed by atoms with van der Waals surface area (Å²) in [5.41, 5.74) is 8.08. The van der Waals surface area contributed by atoms with Crippen LogP contribution in [-0.2, 0) is 0 Å². The molecule has 1 aliphatic carbocycles. The van der Waals surface area contributed by atoms with Gasteiger partial charge in [0.05, 0.1) is 30.2 Å². The molecule has 3 aromatic rings. The van der Waals surface area contributed by atoms with Crippen molar-refractivity contribution in [3.8, 4) is 5.88 Å². The Morgan fingerprint density at radius 3 is 2.74 bits per heavy atom. The molecule has 0 spiro atoms. The predicted molar refractivity (Wildman–Crippen MR) is 107 cm³/mol. The van der Waals surface area contributed by atoms with E-state index in [4.69, 9.17) is 16.3 Å². The SMILES string of the molecule is COc1ccc2cc(N(N)c3nc(NC4CCCC4)ncc3N)ccc2n1. The van der Waals surface area contributed by atoms with E-state index >= 15 is 0 Å². The number of hydrogen-bond donors (Lipinski definition) is 3. The van der Waals surface area contributed by atoms with E-state index in [1.807, 2.05) is 30.3 Å². The number of hydrogen-bond acceptors (Lipinski definition) is 8. The van der Waals surface area contributed by atoms with Crippen molar-refractivity contribution in [3.63, 3.8) is 0 Å². The Labute approximate surface area is 157 Å². The summed E-state index contributed by atoms with van der Waals surface area (Å²) >= 11 is 0. The van der Waals surface area contributed by atoms with Gasteiger partial charge < -0.3 is 15.8 Å². The first-order valence-corrected chi connectivity index (χ1v) is 9.03. The molecule has 27 heavy (non-hydrogen) atoms. The molecule has 4 rings (SSSR count). The molecule has 8 nitrogen and oxygen atoms in total. The summed E-state index contributed by atoms with van der Waals surface area (Å²) in [6.45, 7) is 0. The third-order valence-corrected chi connectivity index (χ3v) is 4.85. The number of rotatable bonds is 5. The fraction of sp³-hybridized carbons (Fsp3) is 0.316. The summed E-state index contributed by atoms with van der Waals surface area (Å²) in [7, 11) is 1.60. The molecular weight excluding hydrogens is 342 g/mol. The predicted octanol–water partition coefficient (Wildman–Crippen LogP) is 2.98. The van der Waals surface area contributed by atoms with Gasteiger partial charge in [0.2, 0.25) is 11.8 Å². The van der Waals surface area contributed by atoms with Crippen LogP contribution >= 0.6 is 0 Å². The molecule has 1 aromatic carbocycles. The monoisotopic (exact) mass is 365 g/mol.